The molecule has 3 heteroatoms. The summed E-state index contributed by atoms with van der Waals surface area (Å²) in [5.74, 6) is 0. The molecule has 0 saturated heterocycles. The van der Waals surface area contributed by atoms with Crippen LogP contribution in [0.4, 0.5) is 0 Å². The minimum Gasteiger partial charge on any atom is -0.321 e. The van der Waals surface area contributed by atoms with Gasteiger partial charge in [-0.25, -0.2) is 0 Å². The van der Waals surface area contributed by atoms with E-state index in [1.54, 1.807) is 0 Å². The van der Waals surface area contributed by atoms with E-state index in [0.29, 0.717) is 0 Å². The molecule has 3 nitrogen and oxygen atoms in total. The van der Waals surface area contributed by atoms with Gasteiger partial charge in [-0.15, -0.1) is 0 Å². The number of aromatic amines is 1. The van der Waals surface area contributed by atoms with Crippen LogP contribution in [0.1, 0.15) is 25.1 Å². The van der Waals surface area contributed by atoms with Gasteiger partial charge in [-0.05, 0) is 26.3 Å². The van der Waals surface area contributed by atoms with Crippen molar-refractivity contribution in [2.24, 2.45) is 5.73 Å². The standard InChI is InChI=1S/C11H15N3/c1-7-5-4-6-8-9(7)13-14-10(8)11(2,3)12/h4-6H,12H2,1-3H3,(H,13,14). The number of fused-ring (bicyclic) bond motifs is 1. The molecule has 1 aromatic carbocycles. The molecular weight excluding hydrogens is 174 g/mol. The number of benzene rings is 1. The molecule has 0 bridgehead atoms. The minimum atomic E-state index is -0.372. The summed E-state index contributed by atoms with van der Waals surface area (Å²) in [5.41, 5.74) is 8.86. The molecule has 14 heavy (non-hydrogen) atoms. The Hall–Kier alpha value is -1.35. The fourth-order valence-corrected chi connectivity index (χ4v) is 1.67. The van der Waals surface area contributed by atoms with E-state index >= 15 is 0 Å². The molecule has 2 rings (SSSR count). The Bertz CT molecular complexity index is 463. The summed E-state index contributed by atoms with van der Waals surface area (Å²) < 4.78 is 0. The van der Waals surface area contributed by atoms with Crippen molar-refractivity contribution in [3.63, 3.8) is 0 Å². The summed E-state index contributed by atoms with van der Waals surface area (Å²) in [6.45, 7) is 6.00. The van der Waals surface area contributed by atoms with Crippen LogP contribution < -0.4 is 5.73 Å². The predicted molar refractivity (Wildman–Crippen MR) is 58.0 cm³/mol. The van der Waals surface area contributed by atoms with Gasteiger partial charge in [0.15, 0.2) is 0 Å². The molecule has 3 N–H and O–H groups in total. The second kappa shape index (κ2) is 2.82. The van der Waals surface area contributed by atoms with Gasteiger partial charge in [-0.3, -0.25) is 5.10 Å². The Balaban J connectivity index is 2.76. The number of hydrogen-bond donors (Lipinski definition) is 2. The third-order valence-corrected chi connectivity index (χ3v) is 2.43. The molecular formula is C11H15N3. The van der Waals surface area contributed by atoms with Crippen LogP contribution in [0.15, 0.2) is 18.2 Å². The Morgan fingerprint density at radius 3 is 2.71 bits per heavy atom. The average Bonchev–Trinajstić information content (AvgIpc) is 2.47. The molecule has 74 valence electrons. The maximum absolute atomic E-state index is 6.05. The normalized spacial score (nSPS) is 12.3. The van der Waals surface area contributed by atoms with Crippen LogP contribution in [0, 0.1) is 6.92 Å². The first-order valence-electron chi connectivity index (χ1n) is 4.73. The maximum atomic E-state index is 6.05. The van der Waals surface area contributed by atoms with Crippen molar-refractivity contribution in [3.05, 3.63) is 29.5 Å². The quantitative estimate of drug-likeness (QED) is 0.721. The highest BCUT2D eigenvalue weighted by Gasteiger charge is 2.20. The third kappa shape index (κ3) is 1.30. The lowest BCUT2D eigenvalue weighted by Crippen LogP contribution is -2.29. The van der Waals surface area contributed by atoms with E-state index in [-0.39, 0.29) is 5.54 Å². The van der Waals surface area contributed by atoms with Gasteiger partial charge >= 0.3 is 0 Å². The van der Waals surface area contributed by atoms with E-state index in [2.05, 4.69) is 29.3 Å². The molecule has 0 amide bonds. The van der Waals surface area contributed by atoms with Crippen LogP contribution in [0.25, 0.3) is 10.9 Å². The number of aromatic nitrogens is 2. The number of para-hydroxylation sites is 1. The molecule has 0 unspecified atom stereocenters. The summed E-state index contributed by atoms with van der Waals surface area (Å²) >= 11 is 0. The molecule has 0 atom stereocenters. The summed E-state index contributed by atoms with van der Waals surface area (Å²) in [4.78, 5) is 0. The largest absolute Gasteiger partial charge is 0.321 e. The fourth-order valence-electron chi connectivity index (χ4n) is 1.67. The van der Waals surface area contributed by atoms with Crippen LogP contribution in [-0.4, -0.2) is 10.2 Å². The Kier molecular flexibility index (Phi) is 1.86. The Morgan fingerprint density at radius 2 is 2.07 bits per heavy atom. The van der Waals surface area contributed by atoms with Gasteiger partial charge in [0, 0.05) is 5.39 Å². The zero-order valence-corrected chi connectivity index (χ0v) is 8.76. The van der Waals surface area contributed by atoms with E-state index in [1.165, 1.54) is 5.56 Å². The number of nitrogens with two attached hydrogens (primary N) is 1. The number of nitrogens with one attached hydrogen (secondary N) is 1. The van der Waals surface area contributed by atoms with Crippen LogP contribution >= 0.6 is 0 Å². The molecule has 2 aromatic rings. The number of H-pyrrole nitrogens is 1. The highest BCUT2D eigenvalue weighted by molar-refractivity contribution is 5.84. The van der Waals surface area contributed by atoms with Gasteiger partial charge in [0.1, 0.15) is 0 Å². The molecule has 0 saturated carbocycles. The number of nitrogens with zero attached hydrogens (tertiary/aromatic N) is 1. The molecule has 1 heterocycles. The fraction of sp³-hybridized carbons (Fsp3) is 0.364. The molecule has 0 aliphatic carbocycles. The molecule has 0 aliphatic heterocycles. The smallest absolute Gasteiger partial charge is 0.0953 e. The molecule has 0 aliphatic rings. The monoisotopic (exact) mass is 189 g/mol. The molecule has 0 fully saturated rings. The SMILES string of the molecule is Cc1cccc2c(C(C)(C)N)[nH]nc12. The van der Waals surface area contributed by atoms with Gasteiger partial charge in [0.25, 0.3) is 0 Å². The Labute approximate surface area is 83.3 Å². The van der Waals surface area contributed by atoms with Gasteiger partial charge in [-0.2, -0.15) is 5.10 Å². The Morgan fingerprint density at radius 1 is 1.36 bits per heavy atom. The van der Waals surface area contributed by atoms with Crippen molar-refractivity contribution in [1.82, 2.24) is 10.2 Å². The summed E-state index contributed by atoms with van der Waals surface area (Å²) in [7, 11) is 0. The van der Waals surface area contributed by atoms with Gasteiger partial charge in [-0.1, -0.05) is 18.2 Å². The van der Waals surface area contributed by atoms with Crippen LogP contribution in [-0.2, 0) is 5.54 Å². The van der Waals surface area contributed by atoms with Crippen LogP contribution in [0.2, 0.25) is 0 Å². The second-order valence-electron chi connectivity index (χ2n) is 4.29. The third-order valence-electron chi connectivity index (χ3n) is 2.43. The lowest BCUT2D eigenvalue weighted by molar-refractivity contribution is 0.538. The van der Waals surface area contributed by atoms with Crippen LogP contribution in [0.5, 0.6) is 0 Å². The topological polar surface area (TPSA) is 54.7 Å². The van der Waals surface area contributed by atoms with E-state index in [0.717, 1.165) is 16.6 Å². The zero-order chi connectivity index (χ0) is 10.3. The number of rotatable bonds is 1. The number of hydrogen-bond acceptors (Lipinski definition) is 2. The van der Waals surface area contributed by atoms with Crippen LogP contribution in [0.3, 0.4) is 0 Å². The van der Waals surface area contributed by atoms with Crippen molar-refractivity contribution in [1.29, 1.82) is 0 Å². The average molecular weight is 189 g/mol. The van der Waals surface area contributed by atoms with E-state index in [9.17, 15) is 0 Å². The molecule has 1 aromatic heterocycles. The highest BCUT2D eigenvalue weighted by Crippen LogP contribution is 2.25. The zero-order valence-electron chi connectivity index (χ0n) is 8.76. The lowest BCUT2D eigenvalue weighted by atomic mass is 9.98. The summed E-state index contributed by atoms with van der Waals surface area (Å²) in [5, 5.41) is 8.42. The van der Waals surface area contributed by atoms with Gasteiger partial charge in [0.05, 0.1) is 16.7 Å². The van der Waals surface area contributed by atoms with Crippen molar-refractivity contribution in [3.8, 4) is 0 Å². The minimum absolute atomic E-state index is 0.372. The van der Waals surface area contributed by atoms with Crippen molar-refractivity contribution in [2.75, 3.05) is 0 Å². The van der Waals surface area contributed by atoms with Gasteiger partial charge < -0.3 is 5.73 Å². The van der Waals surface area contributed by atoms with Crippen molar-refractivity contribution in [2.45, 2.75) is 26.3 Å². The summed E-state index contributed by atoms with van der Waals surface area (Å²) in [6.07, 6.45) is 0. The van der Waals surface area contributed by atoms with Crippen molar-refractivity contribution >= 4 is 10.9 Å². The maximum Gasteiger partial charge on any atom is 0.0953 e. The first kappa shape index (κ1) is 9.21. The molecule has 0 radical (unpaired) electrons. The number of aryl methyl sites for hydroxylation is 1. The second-order valence-corrected chi connectivity index (χ2v) is 4.29. The van der Waals surface area contributed by atoms with E-state index < -0.39 is 0 Å². The van der Waals surface area contributed by atoms with E-state index in [1.807, 2.05) is 19.9 Å². The predicted octanol–water partition coefficient (Wildman–Crippen LogP) is 2.07. The molecule has 0 spiro atoms. The first-order valence-corrected chi connectivity index (χ1v) is 4.73. The van der Waals surface area contributed by atoms with Gasteiger partial charge in [0.2, 0.25) is 0 Å². The first-order chi connectivity index (χ1) is 6.50. The van der Waals surface area contributed by atoms with Crippen molar-refractivity contribution < 1.29 is 0 Å². The highest BCUT2D eigenvalue weighted by atomic mass is 15.1. The lowest BCUT2D eigenvalue weighted by Gasteiger charge is -2.16. The summed E-state index contributed by atoms with van der Waals surface area (Å²) in [6, 6.07) is 6.13. The van der Waals surface area contributed by atoms with E-state index in [4.69, 9.17) is 5.73 Å².